The van der Waals surface area contributed by atoms with E-state index < -0.39 is 0 Å². The summed E-state index contributed by atoms with van der Waals surface area (Å²) in [6, 6.07) is 6.06. The van der Waals surface area contributed by atoms with Crippen LogP contribution in [-0.4, -0.2) is 36.1 Å². The van der Waals surface area contributed by atoms with Crippen molar-refractivity contribution in [3.8, 4) is 11.4 Å². The Morgan fingerprint density at radius 3 is 2.70 bits per heavy atom. The van der Waals surface area contributed by atoms with Crippen molar-refractivity contribution < 1.29 is 0 Å². The monoisotopic (exact) mass is 369 g/mol. The van der Waals surface area contributed by atoms with E-state index >= 15 is 0 Å². The number of benzene rings is 1. The first-order valence-electron chi connectivity index (χ1n) is 9.77. The number of anilines is 4. The summed E-state index contributed by atoms with van der Waals surface area (Å²) in [7, 11) is 2.01. The molecule has 3 rings (SSSR count). The van der Waals surface area contributed by atoms with Gasteiger partial charge in [0.15, 0.2) is 5.82 Å². The number of nitrogens with one attached hydrogen (secondary N) is 1. The maximum Gasteiger partial charge on any atom is 0.166 e. The first-order chi connectivity index (χ1) is 13.0. The van der Waals surface area contributed by atoms with Crippen LogP contribution in [0.5, 0.6) is 0 Å². The van der Waals surface area contributed by atoms with Crippen molar-refractivity contribution in [2.75, 3.05) is 42.2 Å². The summed E-state index contributed by atoms with van der Waals surface area (Å²) in [6.45, 7) is 4.10. The summed E-state index contributed by atoms with van der Waals surface area (Å²) >= 11 is 0. The van der Waals surface area contributed by atoms with Crippen molar-refractivity contribution in [1.29, 1.82) is 0 Å². The zero-order valence-corrected chi connectivity index (χ0v) is 16.3. The fourth-order valence-corrected chi connectivity index (χ4v) is 3.57. The molecular weight excluding hydrogens is 338 g/mol. The number of nitrogen functional groups attached to an aromatic ring is 3. The quantitative estimate of drug-likeness (QED) is 0.577. The molecule has 1 saturated heterocycles. The fourth-order valence-electron chi connectivity index (χ4n) is 3.57. The van der Waals surface area contributed by atoms with Crippen LogP contribution in [0.15, 0.2) is 18.2 Å². The molecule has 0 bridgehead atoms. The Kier molecular flexibility index (Phi) is 6.01. The molecule has 1 atom stereocenters. The van der Waals surface area contributed by atoms with E-state index in [9.17, 15) is 0 Å². The van der Waals surface area contributed by atoms with E-state index in [2.05, 4.69) is 23.2 Å². The van der Waals surface area contributed by atoms with E-state index in [1.165, 1.54) is 6.42 Å². The standard InChI is InChI=1S/C20H31N7/c1-3-4-6-13-11-17(27-10-5-7-14(12-27)24-2)26-20(25-13)18-15(21)8-9-16(22)19(18)23/h8-9,11,14,24H,3-7,10,12,21-23H2,1-2H3. The maximum atomic E-state index is 6.23. The molecular formula is C20H31N7. The number of likely N-dealkylation sites (N-methyl/N-ethyl adjacent to an activating group) is 1. The minimum Gasteiger partial charge on any atom is -0.398 e. The highest BCUT2D eigenvalue weighted by molar-refractivity contribution is 5.90. The largest absolute Gasteiger partial charge is 0.398 e. The molecule has 1 fully saturated rings. The second kappa shape index (κ2) is 8.43. The summed E-state index contributed by atoms with van der Waals surface area (Å²) in [6.07, 6.45) is 5.42. The molecule has 0 radical (unpaired) electrons. The van der Waals surface area contributed by atoms with E-state index in [0.29, 0.717) is 34.5 Å². The Morgan fingerprint density at radius 1 is 1.19 bits per heavy atom. The van der Waals surface area contributed by atoms with E-state index in [-0.39, 0.29) is 0 Å². The molecule has 0 amide bonds. The molecule has 1 aromatic heterocycles. The van der Waals surface area contributed by atoms with Gasteiger partial charge in [0, 0.05) is 36.6 Å². The average Bonchev–Trinajstić information content (AvgIpc) is 2.69. The van der Waals surface area contributed by atoms with Crippen molar-refractivity contribution in [3.63, 3.8) is 0 Å². The third-order valence-corrected chi connectivity index (χ3v) is 5.24. The number of aromatic nitrogens is 2. The Morgan fingerprint density at radius 2 is 1.96 bits per heavy atom. The summed E-state index contributed by atoms with van der Waals surface area (Å²) in [5.74, 6) is 1.50. The lowest BCUT2D eigenvalue weighted by molar-refractivity contribution is 0.447. The molecule has 0 spiro atoms. The summed E-state index contributed by atoms with van der Waals surface area (Å²) in [4.78, 5) is 11.9. The van der Waals surface area contributed by atoms with Crippen molar-refractivity contribution in [2.45, 2.75) is 45.1 Å². The first kappa shape index (κ1) is 19.2. The van der Waals surface area contributed by atoms with Crippen LogP contribution < -0.4 is 27.4 Å². The minimum atomic E-state index is 0.445. The molecule has 27 heavy (non-hydrogen) atoms. The topological polar surface area (TPSA) is 119 Å². The van der Waals surface area contributed by atoms with Gasteiger partial charge in [0.25, 0.3) is 0 Å². The lowest BCUT2D eigenvalue weighted by Gasteiger charge is -2.33. The Balaban J connectivity index is 2.05. The van der Waals surface area contributed by atoms with Gasteiger partial charge >= 0.3 is 0 Å². The number of hydrogen-bond donors (Lipinski definition) is 4. The SMILES string of the molecule is CCCCc1cc(N2CCCC(NC)C2)nc(-c2c(N)ccc(N)c2N)n1. The Hall–Kier alpha value is -2.54. The zero-order chi connectivity index (χ0) is 19.4. The second-order valence-electron chi connectivity index (χ2n) is 7.25. The van der Waals surface area contributed by atoms with Crippen LogP contribution in [0.1, 0.15) is 38.3 Å². The van der Waals surface area contributed by atoms with E-state index in [0.717, 1.165) is 50.3 Å². The number of piperidine rings is 1. The highest BCUT2D eigenvalue weighted by atomic mass is 15.2. The molecule has 2 heterocycles. The molecule has 1 aliphatic rings. The van der Waals surface area contributed by atoms with Gasteiger partial charge in [0.2, 0.25) is 0 Å². The van der Waals surface area contributed by atoms with Gasteiger partial charge in [0.05, 0.1) is 16.9 Å². The molecule has 0 saturated carbocycles. The third kappa shape index (κ3) is 4.24. The predicted molar refractivity (Wildman–Crippen MR) is 114 cm³/mol. The van der Waals surface area contributed by atoms with Gasteiger partial charge in [-0.2, -0.15) is 0 Å². The lowest BCUT2D eigenvalue weighted by atomic mass is 10.1. The number of nitrogens with zero attached hydrogens (tertiary/aromatic N) is 3. The van der Waals surface area contributed by atoms with Crippen molar-refractivity contribution in [1.82, 2.24) is 15.3 Å². The van der Waals surface area contributed by atoms with Crippen molar-refractivity contribution >= 4 is 22.9 Å². The average molecular weight is 370 g/mol. The van der Waals surface area contributed by atoms with Gasteiger partial charge in [-0.05, 0) is 44.9 Å². The molecule has 2 aromatic rings. The van der Waals surface area contributed by atoms with E-state index in [4.69, 9.17) is 27.2 Å². The van der Waals surface area contributed by atoms with Gasteiger partial charge in [0.1, 0.15) is 5.82 Å². The van der Waals surface area contributed by atoms with Crippen molar-refractivity contribution in [3.05, 3.63) is 23.9 Å². The number of nitrogens with two attached hydrogens (primary N) is 3. The number of unbranched alkanes of at least 4 members (excludes halogenated alkanes) is 1. The molecule has 1 aliphatic heterocycles. The van der Waals surface area contributed by atoms with Gasteiger partial charge in [-0.15, -0.1) is 0 Å². The maximum absolute atomic E-state index is 6.23. The number of hydrogen-bond acceptors (Lipinski definition) is 7. The first-order valence-corrected chi connectivity index (χ1v) is 9.77. The van der Waals surface area contributed by atoms with Crippen LogP contribution in [0.2, 0.25) is 0 Å². The summed E-state index contributed by atoms with van der Waals surface area (Å²) in [5.41, 5.74) is 21.6. The number of aryl methyl sites for hydroxylation is 1. The van der Waals surface area contributed by atoms with Crippen LogP contribution in [-0.2, 0) is 6.42 Å². The Labute approximate surface area is 161 Å². The van der Waals surface area contributed by atoms with Gasteiger partial charge in [-0.3, -0.25) is 0 Å². The molecule has 1 unspecified atom stereocenters. The minimum absolute atomic E-state index is 0.445. The molecule has 0 aliphatic carbocycles. The van der Waals surface area contributed by atoms with Crippen molar-refractivity contribution in [2.24, 2.45) is 0 Å². The van der Waals surface area contributed by atoms with Crippen LogP contribution in [0.3, 0.4) is 0 Å². The molecule has 1 aromatic carbocycles. The van der Waals surface area contributed by atoms with Gasteiger partial charge in [-0.1, -0.05) is 13.3 Å². The Bertz CT molecular complexity index is 790. The number of rotatable bonds is 6. The third-order valence-electron chi connectivity index (χ3n) is 5.24. The van der Waals surface area contributed by atoms with Gasteiger partial charge in [-0.25, -0.2) is 9.97 Å². The molecule has 7 N–H and O–H groups in total. The molecule has 7 nitrogen and oxygen atoms in total. The van der Waals surface area contributed by atoms with E-state index in [1.54, 1.807) is 12.1 Å². The molecule has 7 heteroatoms. The van der Waals surface area contributed by atoms with Crippen LogP contribution in [0.25, 0.3) is 11.4 Å². The van der Waals surface area contributed by atoms with Gasteiger partial charge < -0.3 is 27.4 Å². The highest BCUT2D eigenvalue weighted by Gasteiger charge is 2.22. The van der Waals surface area contributed by atoms with E-state index in [1.807, 2.05) is 7.05 Å². The van der Waals surface area contributed by atoms with Crippen LogP contribution in [0.4, 0.5) is 22.9 Å². The second-order valence-corrected chi connectivity index (χ2v) is 7.25. The zero-order valence-electron chi connectivity index (χ0n) is 16.3. The predicted octanol–water partition coefficient (Wildman–Crippen LogP) is 2.42. The van der Waals surface area contributed by atoms with Crippen LogP contribution >= 0.6 is 0 Å². The summed E-state index contributed by atoms with van der Waals surface area (Å²) < 4.78 is 0. The van der Waals surface area contributed by atoms with Crippen LogP contribution in [0, 0.1) is 0 Å². The highest BCUT2D eigenvalue weighted by Crippen LogP contribution is 2.35. The summed E-state index contributed by atoms with van der Waals surface area (Å²) in [5, 5.41) is 3.38. The lowest BCUT2D eigenvalue weighted by Crippen LogP contribution is -2.44. The fraction of sp³-hybridized carbons (Fsp3) is 0.500. The normalized spacial score (nSPS) is 17.3. The smallest absolute Gasteiger partial charge is 0.166 e. The molecule has 146 valence electrons.